The highest BCUT2D eigenvalue weighted by Gasteiger charge is 2.07. The lowest BCUT2D eigenvalue weighted by molar-refractivity contribution is 0.624. The molecule has 0 radical (unpaired) electrons. The Kier molecular flexibility index (Phi) is 4.05. The molecule has 0 saturated heterocycles. The number of thioether (sulfide) groups is 1. The second kappa shape index (κ2) is 5.95. The summed E-state index contributed by atoms with van der Waals surface area (Å²) in [5.41, 5.74) is 8.58. The Balaban J connectivity index is 1.71. The van der Waals surface area contributed by atoms with Gasteiger partial charge in [0.15, 0.2) is 0 Å². The average Bonchev–Trinajstić information content (AvgIpc) is 3.09. The quantitative estimate of drug-likeness (QED) is 0.549. The highest BCUT2D eigenvalue weighted by atomic mass is 32.2. The van der Waals surface area contributed by atoms with Gasteiger partial charge >= 0.3 is 0 Å². The Morgan fingerprint density at radius 1 is 1.25 bits per heavy atom. The number of thiazole rings is 1. The Hall–Kier alpha value is -1.37. The zero-order chi connectivity index (χ0) is 13.9. The Bertz CT molecular complexity index is 707. The number of rotatable bonds is 4. The fourth-order valence-electron chi connectivity index (χ4n) is 1.68. The topological polar surface area (TPSA) is 38.9 Å². The fraction of sp³-hybridized carbons (Fsp3) is 0.0714. The minimum Gasteiger partial charge on any atom is -0.398 e. The number of thiophene rings is 1. The van der Waals surface area contributed by atoms with E-state index in [4.69, 9.17) is 5.73 Å². The third-order valence-corrected chi connectivity index (χ3v) is 5.40. The van der Waals surface area contributed by atoms with Crippen LogP contribution in [0.25, 0.3) is 10.6 Å². The fourth-order valence-corrected chi connectivity index (χ4v) is 4.20. The van der Waals surface area contributed by atoms with Crippen LogP contribution in [0.3, 0.4) is 0 Å². The van der Waals surface area contributed by atoms with Crippen LogP contribution in [0.1, 0.15) is 5.69 Å². The number of aromatic nitrogens is 1. The number of nitrogen functional groups attached to an aromatic ring is 1. The molecule has 0 amide bonds. The summed E-state index contributed by atoms with van der Waals surface area (Å²) in [5, 5.41) is 7.18. The first-order valence-corrected chi connectivity index (χ1v) is 8.68. The maximum Gasteiger partial charge on any atom is 0.124 e. The highest BCUT2D eigenvalue weighted by molar-refractivity contribution is 7.98. The van der Waals surface area contributed by atoms with E-state index < -0.39 is 0 Å². The van der Waals surface area contributed by atoms with Crippen LogP contribution in [-0.4, -0.2) is 4.98 Å². The van der Waals surface area contributed by atoms with Crippen molar-refractivity contribution in [1.82, 2.24) is 4.98 Å². The molecule has 3 aromatic rings. The van der Waals surface area contributed by atoms with Gasteiger partial charge in [-0.3, -0.25) is 0 Å². The lowest BCUT2D eigenvalue weighted by Crippen LogP contribution is -1.90. The Labute approximate surface area is 128 Å². The van der Waals surface area contributed by atoms with Crippen molar-refractivity contribution in [1.29, 1.82) is 0 Å². The van der Waals surface area contributed by atoms with Crippen molar-refractivity contribution < 1.29 is 4.39 Å². The zero-order valence-electron chi connectivity index (χ0n) is 10.4. The van der Waals surface area contributed by atoms with Gasteiger partial charge in [0, 0.05) is 32.7 Å². The SMILES string of the molecule is Nc1ccc(F)cc1SCc1csc(-c2ccsc2)n1. The van der Waals surface area contributed by atoms with Gasteiger partial charge in [0.05, 0.1) is 5.69 Å². The summed E-state index contributed by atoms with van der Waals surface area (Å²) in [6.07, 6.45) is 0. The summed E-state index contributed by atoms with van der Waals surface area (Å²) in [7, 11) is 0. The van der Waals surface area contributed by atoms with Crippen LogP contribution >= 0.6 is 34.4 Å². The summed E-state index contributed by atoms with van der Waals surface area (Å²) in [6, 6.07) is 6.49. The van der Waals surface area contributed by atoms with E-state index in [1.54, 1.807) is 28.7 Å². The third kappa shape index (κ3) is 3.03. The molecule has 2 nitrogen and oxygen atoms in total. The lowest BCUT2D eigenvalue weighted by Gasteiger charge is -2.03. The molecule has 0 bridgehead atoms. The molecule has 20 heavy (non-hydrogen) atoms. The van der Waals surface area contributed by atoms with Crippen LogP contribution in [-0.2, 0) is 5.75 Å². The molecule has 0 aliphatic carbocycles. The molecule has 0 unspecified atom stereocenters. The summed E-state index contributed by atoms with van der Waals surface area (Å²) < 4.78 is 13.2. The number of anilines is 1. The number of nitrogens with zero attached hydrogens (tertiary/aromatic N) is 1. The molecule has 0 aliphatic rings. The molecule has 3 rings (SSSR count). The maximum absolute atomic E-state index is 13.2. The summed E-state index contributed by atoms with van der Waals surface area (Å²) in [5.74, 6) is 0.424. The van der Waals surface area contributed by atoms with E-state index in [2.05, 4.69) is 16.4 Å². The maximum atomic E-state index is 13.2. The van der Waals surface area contributed by atoms with Gasteiger partial charge in [-0.25, -0.2) is 9.37 Å². The van der Waals surface area contributed by atoms with E-state index in [9.17, 15) is 4.39 Å². The van der Waals surface area contributed by atoms with E-state index in [1.807, 2.05) is 10.8 Å². The number of halogens is 1. The van der Waals surface area contributed by atoms with Crippen molar-refractivity contribution in [3.05, 3.63) is 51.9 Å². The van der Waals surface area contributed by atoms with Gasteiger partial charge in [0.1, 0.15) is 10.8 Å². The van der Waals surface area contributed by atoms with Crippen molar-refractivity contribution >= 4 is 40.1 Å². The highest BCUT2D eigenvalue weighted by Crippen LogP contribution is 2.31. The largest absolute Gasteiger partial charge is 0.398 e. The first kappa shape index (κ1) is 13.6. The number of hydrogen-bond acceptors (Lipinski definition) is 5. The van der Waals surface area contributed by atoms with Gasteiger partial charge in [0.2, 0.25) is 0 Å². The van der Waals surface area contributed by atoms with Gasteiger partial charge in [-0.15, -0.1) is 23.1 Å². The monoisotopic (exact) mass is 322 g/mol. The number of hydrogen-bond donors (Lipinski definition) is 1. The molecule has 2 aromatic heterocycles. The predicted octanol–water partition coefficient (Wildman–Crippen LogP) is 4.89. The minimum absolute atomic E-state index is 0.265. The molecular weight excluding hydrogens is 311 g/mol. The van der Waals surface area contributed by atoms with Gasteiger partial charge in [-0.05, 0) is 29.6 Å². The van der Waals surface area contributed by atoms with Crippen molar-refractivity contribution in [2.75, 3.05) is 5.73 Å². The van der Waals surface area contributed by atoms with Crippen molar-refractivity contribution in [3.8, 4) is 10.6 Å². The van der Waals surface area contributed by atoms with Crippen LogP contribution in [0.5, 0.6) is 0 Å². The molecule has 2 heterocycles. The van der Waals surface area contributed by atoms with Gasteiger partial charge in [0.25, 0.3) is 0 Å². The Morgan fingerprint density at radius 2 is 2.15 bits per heavy atom. The number of benzene rings is 1. The van der Waals surface area contributed by atoms with Gasteiger partial charge in [-0.1, -0.05) is 0 Å². The van der Waals surface area contributed by atoms with Crippen molar-refractivity contribution in [2.45, 2.75) is 10.6 Å². The number of nitrogens with two attached hydrogens (primary N) is 1. The van der Waals surface area contributed by atoms with Crippen LogP contribution in [0.2, 0.25) is 0 Å². The molecule has 0 fully saturated rings. The molecule has 0 spiro atoms. The average molecular weight is 322 g/mol. The smallest absolute Gasteiger partial charge is 0.124 e. The summed E-state index contributed by atoms with van der Waals surface area (Å²) in [4.78, 5) is 5.35. The molecule has 0 aliphatic heterocycles. The Morgan fingerprint density at radius 3 is 2.95 bits per heavy atom. The van der Waals surface area contributed by atoms with Gasteiger partial charge < -0.3 is 5.73 Å². The van der Waals surface area contributed by atoms with E-state index in [0.29, 0.717) is 11.4 Å². The normalized spacial score (nSPS) is 10.8. The minimum atomic E-state index is -0.265. The molecule has 2 N–H and O–H groups in total. The van der Waals surface area contributed by atoms with Crippen molar-refractivity contribution in [2.24, 2.45) is 0 Å². The van der Waals surface area contributed by atoms with Crippen LogP contribution in [0.4, 0.5) is 10.1 Å². The van der Waals surface area contributed by atoms with Crippen LogP contribution in [0.15, 0.2) is 45.3 Å². The second-order valence-corrected chi connectivity index (χ2v) is 6.78. The first-order valence-electron chi connectivity index (χ1n) is 5.87. The van der Waals surface area contributed by atoms with E-state index in [-0.39, 0.29) is 5.82 Å². The van der Waals surface area contributed by atoms with Crippen LogP contribution in [0, 0.1) is 5.82 Å². The van der Waals surface area contributed by atoms with Gasteiger partial charge in [-0.2, -0.15) is 11.3 Å². The van der Waals surface area contributed by atoms with E-state index >= 15 is 0 Å². The molecule has 0 saturated carbocycles. The molecule has 0 atom stereocenters. The lowest BCUT2D eigenvalue weighted by atomic mass is 10.3. The zero-order valence-corrected chi connectivity index (χ0v) is 12.8. The molecular formula is C14H11FN2S3. The molecule has 1 aromatic carbocycles. The standard InChI is InChI=1S/C14H11FN2S3/c15-10-1-2-12(16)13(5-10)19-7-11-8-20-14(17-11)9-3-4-18-6-9/h1-6,8H,7,16H2. The third-order valence-electron chi connectivity index (χ3n) is 2.67. The van der Waals surface area contributed by atoms with E-state index in [1.165, 1.54) is 23.9 Å². The predicted molar refractivity (Wildman–Crippen MR) is 85.8 cm³/mol. The van der Waals surface area contributed by atoms with E-state index in [0.717, 1.165) is 21.2 Å². The van der Waals surface area contributed by atoms with Crippen molar-refractivity contribution in [3.63, 3.8) is 0 Å². The summed E-state index contributed by atoms with van der Waals surface area (Å²) in [6.45, 7) is 0. The molecule has 6 heteroatoms. The summed E-state index contributed by atoms with van der Waals surface area (Å²) >= 11 is 4.79. The second-order valence-electron chi connectivity index (χ2n) is 4.13. The van der Waals surface area contributed by atoms with Crippen LogP contribution < -0.4 is 5.73 Å². The molecule has 102 valence electrons. The first-order chi connectivity index (χ1) is 9.72.